The number of sulfonamides is 1. The average molecular weight is 600 g/mol. The summed E-state index contributed by atoms with van der Waals surface area (Å²) in [6.45, 7) is -1.37. The molecule has 5 rings (SSSR count). The van der Waals surface area contributed by atoms with Gasteiger partial charge in [-0.1, -0.05) is 5.57 Å². The van der Waals surface area contributed by atoms with Crippen molar-refractivity contribution in [2.45, 2.75) is 36.6 Å². The molecule has 2 N–H and O–H groups in total. The molecule has 1 saturated carbocycles. The fourth-order valence-electron chi connectivity index (χ4n) is 5.66. The molecule has 1 fully saturated rings. The second kappa shape index (κ2) is 11.6. The average Bonchev–Trinajstić information content (AvgIpc) is 3.43. The van der Waals surface area contributed by atoms with E-state index in [1.54, 1.807) is 13.1 Å². The van der Waals surface area contributed by atoms with Gasteiger partial charge in [-0.15, -0.1) is 0 Å². The van der Waals surface area contributed by atoms with Gasteiger partial charge in [-0.25, -0.2) is 31.6 Å². The molecule has 0 aromatic carbocycles. The SMILES string of the molecule is Cn1cc(S(=O)(=O)N(CCF)[C@H]2CCC3=CC(=Nc4ccc(F)cn4)C(=CN)C[C@]3(C(=O)c3cc(F)ccn3)C2)cn1. The number of rotatable bonds is 8. The smallest absolute Gasteiger partial charge is 0.246 e. The number of aliphatic imine (C=N–C) groups is 1. The highest BCUT2D eigenvalue weighted by Gasteiger charge is 2.52. The predicted molar refractivity (Wildman–Crippen MR) is 148 cm³/mol. The van der Waals surface area contributed by atoms with Crippen molar-refractivity contribution in [3.05, 3.63) is 89.8 Å². The maximum atomic E-state index is 14.2. The Labute approximate surface area is 240 Å². The Balaban J connectivity index is 1.62. The van der Waals surface area contributed by atoms with Crippen LogP contribution < -0.4 is 5.73 Å². The van der Waals surface area contributed by atoms with Crippen LogP contribution in [0.1, 0.15) is 36.2 Å². The summed E-state index contributed by atoms with van der Waals surface area (Å²) in [6.07, 6.45) is 8.20. The first kappa shape index (κ1) is 29.3. The number of hydrogen-bond acceptors (Lipinski definition) is 8. The number of carbonyl (C=O) groups is 1. The summed E-state index contributed by atoms with van der Waals surface area (Å²) in [5.41, 5.74) is 5.97. The van der Waals surface area contributed by atoms with Crippen molar-refractivity contribution in [1.29, 1.82) is 0 Å². The number of nitrogens with zero attached hydrogens (tertiary/aromatic N) is 6. The molecular weight excluding hydrogens is 571 g/mol. The maximum absolute atomic E-state index is 14.2. The van der Waals surface area contributed by atoms with Crippen molar-refractivity contribution in [2.75, 3.05) is 13.2 Å². The number of Topliss-reactive ketones (excluding diaryl/α,β-unsaturated/α-hetero) is 1. The molecule has 10 nitrogen and oxygen atoms in total. The van der Waals surface area contributed by atoms with E-state index in [9.17, 15) is 26.4 Å². The fraction of sp³-hybridized carbons (Fsp3) is 0.321. The van der Waals surface area contributed by atoms with Crippen molar-refractivity contribution >= 4 is 27.3 Å². The lowest BCUT2D eigenvalue weighted by atomic mass is 9.59. The second-order valence-electron chi connectivity index (χ2n) is 10.2. The molecule has 0 saturated heterocycles. The number of alkyl halides is 1. The molecule has 220 valence electrons. The van der Waals surface area contributed by atoms with Crippen LogP contribution in [0.5, 0.6) is 0 Å². The Bertz CT molecular complexity index is 1700. The Morgan fingerprint density at radius 2 is 2.05 bits per heavy atom. The third-order valence-corrected chi connectivity index (χ3v) is 9.52. The molecule has 2 aliphatic carbocycles. The van der Waals surface area contributed by atoms with Gasteiger partial charge in [0.1, 0.15) is 28.9 Å². The molecular formula is C28H28F3N7O3S. The van der Waals surface area contributed by atoms with Gasteiger partial charge in [0, 0.05) is 38.1 Å². The van der Waals surface area contributed by atoms with Crippen LogP contribution in [0.4, 0.5) is 19.0 Å². The van der Waals surface area contributed by atoms with Crippen LogP contribution >= 0.6 is 0 Å². The summed E-state index contributed by atoms with van der Waals surface area (Å²) >= 11 is 0. The van der Waals surface area contributed by atoms with E-state index >= 15 is 0 Å². The van der Waals surface area contributed by atoms with Crippen molar-refractivity contribution in [2.24, 2.45) is 23.2 Å². The summed E-state index contributed by atoms with van der Waals surface area (Å²) in [6, 6.07) is 3.97. The minimum absolute atomic E-state index is 0.000701. The van der Waals surface area contributed by atoms with Crippen molar-refractivity contribution in [3.63, 3.8) is 0 Å². The van der Waals surface area contributed by atoms with Crippen molar-refractivity contribution in [3.8, 4) is 0 Å². The summed E-state index contributed by atoms with van der Waals surface area (Å²) in [5, 5.41) is 3.94. The number of pyridine rings is 2. The molecule has 42 heavy (non-hydrogen) atoms. The van der Waals surface area contributed by atoms with E-state index in [1.807, 2.05) is 0 Å². The van der Waals surface area contributed by atoms with Gasteiger partial charge in [0.25, 0.3) is 0 Å². The largest absolute Gasteiger partial charge is 0.404 e. The Morgan fingerprint density at radius 3 is 2.69 bits per heavy atom. The van der Waals surface area contributed by atoms with Crippen LogP contribution in [-0.2, 0) is 17.1 Å². The second-order valence-corrected chi connectivity index (χ2v) is 12.1. The van der Waals surface area contributed by atoms with E-state index in [2.05, 4.69) is 20.1 Å². The predicted octanol–water partition coefficient (Wildman–Crippen LogP) is 3.82. The number of carbonyl (C=O) groups excluding carboxylic acids is 1. The molecule has 3 aromatic heterocycles. The number of nitrogens with two attached hydrogens (primary N) is 1. The summed E-state index contributed by atoms with van der Waals surface area (Å²) in [4.78, 5) is 26.7. The molecule has 2 aliphatic rings. The minimum atomic E-state index is -4.18. The minimum Gasteiger partial charge on any atom is -0.404 e. The monoisotopic (exact) mass is 599 g/mol. The topological polar surface area (TPSA) is 136 Å². The van der Waals surface area contributed by atoms with E-state index < -0.39 is 52.1 Å². The molecule has 0 bridgehead atoms. The Morgan fingerprint density at radius 1 is 1.24 bits per heavy atom. The van der Waals surface area contributed by atoms with Crippen molar-refractivity contribution < 1.29 is 26.4 Å². The zero-order valence-electron chi connectivity index (χ0n) is 22.6. The molecule has 2 atom stereocenters. The van der Waals surface area contributed by atoms with Gasteiger partial charge >= 0.3 is 0 Å². The van der Waals surface area contributed by atoms with E-state index in [0.717, 1.165) is 22.6 Å². The van der Waals surface area contributed by atoms with Gasteiger partial charge in [0.2, 0.25) is 10.0 Å². The van der Waals surface area contributed by atoms with E-state index in [0.29, 0.717) is 16.9 Å². The van der Waals surface area contributed by atoms with Crippen molar-refractivity contribution in [1.82, 2.24) is 24.1 Å². The van der Waals surface area contributed by atoms with Gasteiger partial charge in [-0.3, -0.25) is 14.5 Å². The number of aryl methyl sites for hydroxylation is 1. The number of allylic oxidation sites excluding steroid dienone is 3. The van der Waals surface area contributed by atoms with Gasteiger partial charge in [0.15, 0.2) is 11.6 Å². The van der Waals surface area contributed by atoms with Gasteiger partial charge in [-0.2, -0.15) is 9.40 Å². The van der Waals surface area contributed by atoms with Crippen LogP contribution in [0.15, 0.2) is 82.4 Å². The zero-order valence-corrected chi connectivity index (χ0v) is 23.4. The highest BCUT2D eigenvalue weighted by molar-refractivity contribution is 7.89. The summed E-state index contributed by atoms with van der Waals surface area (Å²) in [7, 11) is -2.61. The standard InChI is InChI=1S/C28H28F3N7O3S/c1-37-17-23(16-35-37)42(40,41)38(9-7-29)22-4-2-19-10-24(36-26-5-3-21(31)15-34-26)18(14-32)12-28(19,13-22)27(39)25-11-20(30)6-8-33-25/h3,5-6,8,10-11,14-17,22H,2,4,7,9,12-13,32H2,1H3/t22-,28-/m0/s1. The van der Waals surface area contributed by atoms with Crippen LogP contribution in [0.3, 0.4) is 0 Å². The van der Waals surface area contributed by atoms with E-state index in [4.69, 9.17) is 5.73 Å². The molecule has 0 amide bonds. The van der Waals surface area contributed by atoms with Crippen LogP contribution in [0.25, 0.3) is 0 Å². The first-order chi connectivity index (χ1) is 20.1. The zero-order chi connectivity index (χ0) is 30.1. The quantitative estimate of drug-likeness (QED) is 0.389. The highest BCUT2D eigenvalue weighted by atomic mass is 32.2. The lowest BCUT2D eigenvalue weighted by Gasteiger charge is -2.47. The Hall–Kier alpha value is -4.17. The molecule has 0 unspecified atom stereocenters. The van der Waals surface area contributed by atoms with Crippen LogP contribution in [0, 0.1) is 17.0 Å². The third-order valence-electron chi connectivity index (χ3n) is 7.62. The number of aromatic nitrogens is 4. The maximum Gasteiger partial charge on any atom is 0.246 e. The van der Waals surface area contributed by atoms with E-state index in [-0.39, 0.29) is 42.1 Å². The summed E-state index contributed by atoms with van der Waals surface area (Å²) in [5.74, 6) is -1.48. The van der Waals surface area contributed by atoms with E-state index in [1.165, 1.54) is 41.6 Å². The summed E-state index contributed by atoms with van der Waals surface area (Å²) < 4.78 is 71.1. The molecule has 3 aromatic rings. The third kappa shape index (κ3) is 5.51. The van der Waals surface area contributed by atoms with Gasteiger partial charge in [0.05, 0.1) is 23.5 Å². The number of ketones is 1. The van der Waals surface area contributed by atoms with Gasteiger partial charge < -0.3 is 5.73 Å². The molecule has 0 spiro atoms. The van der Waals surface area contributed by atoms with Crippen LogP contribution in [-0.4, -0.2) is 63.2 Å². The molecule has 0 radical (unpaired) electrons. The lowest BCUT2D eigenvalue weighted by Crippen LogP contribution is -2.51. The molecule has 3 heterocycles. The lowest BCUT2D eigenvalue weighted by molar-refractivity contribution is 0.0734. The normalized spacial score (nSPS) is 22.8. The first-order valence-corrected chi connectivity index (χ1v) is 14.6. The number of halogens is 3. The number of hydrogen-bond donors (Lipinski definition) is 1. The fourth-order valence-corrected chi connectivity index (χ4v) is 7.28. The van der Waals surface area contributed by atoms with Crippen LogP contribution in [0.2, 0.25) is 0 Å². The molecule has 0 aliphatic heterocycles. The highest BCUT2D eigenvalue weighted by Crippen LogP contribution is 2.52. The first-order valence-electron chi connectivity index (χ1n) is 13.1. The Kier molecular flexibility index (Phi) is 8.10. The molecule has 14 heteroatoms. The van der Waals surface area contributed by atoms with Gasteiger partial charge in [-0.05, 0) is 61.7 Å². The number of fused-ring (bicyclic) bond motifs is 1.